The molecule has 0 spiro atoms. The Hall–Kier alpha value is -0.520. The Labute approximate surface area is 112 Å². The standard InChI is InChI=1S/C18H26/c1-18-11-4-7-17(18)16-9-8-13-5-2-3-6-14(13)15(16)10-12-18/h2-3,10,13-14,16-17H,4-9,11-12H2,1H3/t13?,14-,16+,17-,18-/m0/s1. The predicted octanol–water partition coefficient (Wildman–Crippen LogP) is 5.12. The van der Waals surface area contributed by atoms with Gasteiger partial charge in [0.05, 0.1) is 0 Å². The van der Waals surface area contributed by atoms with Gasteiger partial charge in [0, 0.05) is 0 Å². The summed E-state index contributed by atoms with van der Waals surface area (Å²) in [5.41, 5.74) is 2.57. The summed E-state index contributed by atoms with van der Waals surface area (Å²) in [4.78, 5) is 0. The lowest BCUT2D eigenvalue weighted by Crippen LogP contribution is -2.39. The minimum atomic E-state index is 0.672. The van der Waals surface area contributed by atoms with Gasteiger partial charge < -0.3 is 0 Å². The van der Waals surface area contributed by atoms with Crippen LogP contribution >= 0.6 is 0 Å². The van der Waals surface area contributed by atoms with Crippen molar-refractivity contribution in [3.63, 3.8) is 0 Å². The molecule has 4 aliphatic rings. The molecule has 0 aliphatic heterocycles. The average Bonchev–Trinajstić information content (AvgIpc) is 2.80. The SMILES string of the molecule is C[C@]12CC=C3[C@H]4CC=CCC4CC[C@H]3[C@@H]1CCC2. The summed E-state index contributed by atoms with van der Waals surface area (Å²) in [5, 5.41) is 0. The fraction of sp³-hybridized carbons (Fsp3) is 0.778. The molecule has 0 N–H and O–H groups in total. The van der Waals surface area contributed by atoms with E-state index >= 15 is 0 Å². The third kappa shape index (κ3) is 1.50. The third-order valence-corrected chi connectivity index (χ3v) is 6.72. The highest BCUT2D eigenvalue weighted by Gasteiger charge is 2.49. The molecule has 0 aromatic heterocycles. The van der Waals surface area contributed by atoms with Crippen LogP contribution in [0.1, 0.15) is 58.3 Å². The van der Waals surface area contributed by atoms with Gasteiger partial charge in [-0.05, 0) is 74.0 Å². The molecule has 0 saturated heterocycles. The zero-order chi connectivity index (χ0) is 12.2. The molecule has 0 nitrogen and oxygen atoms in total. The Morgan fingerprint density at radius 2 is 1.94 bits per heavy atom. The first-order valence-electron chi connectivity index (χ1n) is 8.13. The average molecular weight is 242 g/mol. The third-order valence-electron chi connectivity index (χ3n) is 6.72. The minimum absolute atomic E-state index is 0.672. The van der Waals surface area contributed by atoms with Crippen LogP contribution in [0.5, 0.6) is 0 Å². The second kappa shape index (κ2) is 3.99. The van der Waals surface area contributed by atoms with Gasteiger partial charge in [-0.1, -0.05) is 37.1 Å². The van der Waals surface area contributed by atoms with E-state index < -0.39 is 0 Å². The van der Waals surface area contributed by atoms with E-state index in [9.17, 15) is 0 Å². The molecule has 18 heavy (non-hydrogen) atoms. The molecule has 5 atom stereocenters. The Morgan fingerprint density at radius 1 is 1.06 bits per heavy atom. The van der Waals surface area contributed by atoms with Gasteiger partial charge in [0.25, 0.3) is 0 Å². The van der Waals surface area contributed by atoms with E-state index in [1.807, 2.05) is 5.57 Å². The Morgan fingerprint density at radius 3 is 2.89 bits per heavy atom. The van der Waals surface area contributed by atoms with Crippen LogP contribution in [0.3, 0.4) is 0 Å². The molecule has 1 unspecified atom stereocenters. The molecular formula is C18H26. The van der Waals surface area contributed by atoms with Crippen molar-refractivity contribution in [2.24, 2.45) is 29.1 Å². The first-order chi connectivity index (χ1) is 8.78. The van der Waals surface area contributed by atoms with Gasteiger partial charge in [-0.15, -0.1) is 0 Å². The lowest BCUT2D eigenvalue weighted by molar-refractivity contribution is 0.108. The van der Waals surface area contributed by atoms with Gasteiger partial charge in [-0.3, -0.25) is 0 Å². The molecule has 2 fully saturated rings. The summed E-state index contributed by atoms with van der Waals surface area (Å²) in [5.74, 6) is 3.92. The maximum Gasteiger partial charge on any atom is -0.0134 e. The number of rotatable bonds is 0. The molecule has 0 heteroatoms. The lowest BCUT2D eigenvalue weighted by Gasteiger charge is -2.49. The summed E-state index contributed by atoms with van der Waals surface area (Å²) in [6, 6.07) is 0. The van der Waals surface area contributed by atoms with Crippen LogP contribution in [0.4, 0.5) is 0 Å². The summed E-state index contributed by atoms with van der Waals surface area (Å²) in [7, 11) is 0. The van der Waals surface area contributed by atoms with E-state index in [0.29, 0.717) is 5.41 Å². The molecular weight excluding hydrogens is 216 g/mol. The van der Waals surface area contributed by atoms with Crippen molar-refractivity contribution in [1.82, 2.24) is 0 Å². The van der Waals surface area contributed by atoms with Gasteiger partial charge in [0.15, 0.2) is 0 Å². The lowest BCUT2D eigenvalue weighted by atomic mass is 9.56. The summed E-state index contributed by atoms with van der Waals surface area (Å²) >= 11 is 0. The largest absolute Gasteiger partial charge is 0.0882 e. The zero-order valence-electron chi connectivity index (χ0n) is 11.7. The quantitative estimate of drug-likeness (QED) is 0.517. The van der Waals surface area contributed by atoms with Crippen molar-refractivity contribution < 1.29 is 0 Å². The first kappa shape index (κ1) is 11.3. The number of hydrogen-bond donors (Lipinski definition) is 0. The fourth-order valence-corrected chi connectivity index (χ4v) is 5.72. The molecule has 0 aromatic carbocycles. The first-order valence-corrected chi connectivity index (χ1v) is 8.13. The van der Waals surface area contributed by atoms with E-state index in [1.165, 1.54) is 51.4 Å². The fourth-order valence-electron chi connectivity index (χ4n) is 5.72. The van der Waals surface area contributed by atoms with E-state index in [0.717, 1.165) is 23.7 Å². The molecule has 0 aromatic rings. The smallest absolute Gasteiger partial charge is 0.0134 e. The maximum absolute atomic E-state index is 2.70. The minimum Gasteiger partial charge on any atom is -0.0882 e. The molecule has 0 radical (unpaired) electrons. The molecule has 4 rings (SSSR count). The van der Waals surface area contributed by atoms with Gasteiger partial charge >= 0.3 is 0 Å². The van der Waals surface area contributed by atoms with Crippen LogP contribution in [0.15, 0.2) is 23.8 Å². The van der Waals surface area contributed by atoms with Gasteiger partial charge in [0.2, 0.25) is 0 Å². The van der Waals surface area contributed by atoms with Gasteiger partial charge in [-0.2, -0.15) is 0 Å². The van der Waals surface area contributed by atoms with Gasteiger partial charge in [-0.25, -0.2) is 0 Å². The van der Waals surface area contributed by atoms with Crippen LogP contribution < -0.4 is 0 Å². The molecule has 0 amide bonds. The number of allylic oxidation sites excluding steroid dienone is 4. The van der Waals surface area contributed by atoms with E-state index in [2.05, 4.69) is 25.2 Å². The van der Waals surface area contributed by atoms with Crippen molar-refractivity contribution in [2.75, 3.05) is 0 Å². The highest BCUT2D eigenvalue weighted by molar-refractivity contribution is 5.25. The van der Waals surface area contributed by atoms with E-state index in [-0.39, 0.29) is 0 Å². The molecule has 98 valence electrons. The van der Waals surface area contributed by atoms with Crippen molar-refractivity contribution in [2.45, 2.75) is 58.3 Å². The van der Waals surface area contributed by atoms with E-state index in [1.54, 1.807) is 0 Å². The van der Waals surface area contributed by atoms with Crippen LogP contribution in [0.25, 0.3) is 0 Å². The number of fused-ring (bicyclic) bond motifs is 5. The Balaban J connectivity index is 1.68. The van der Waals surface area contributed by atoms with Crippen molar-refractivity contribution >= 4 is 0 Å². The summed E-state index contributed by atoms with van der Waals surface area (Å²) in [6.45, 7) is 2.57. The summed E-state index contributed by atoms with van der Waals surface area (Å²) in [6.07, 6.45) is 19.2. The Kier molecular flexibility index (Phi) is 2.51. The number of hydrogen-bond acceptors (Lipinski definition) is 0. The van der Waals surface area contributed by atoms with Crippen LogP contribution in [0, 0.1) is 29.1 Å². The second-order valence-corrected chi connectivity index (χ2v) is 7.55. The van der Waals surface area contributed by atoms with E-state index in [4.69, 9.17) is 0 Å². The highest BCUT2D eigenvalue weighted by atomic mass is 14.5. The maximum atomic E-state index is 2.70. The summed E-state index contributed by atoms with van der Waals surface area (Å²) < 4.78 is 0. The van der Waals surface area contributed by atoms with Gasteiger partial charge in [0.1, 0.15) is 0 Å². The Bertz CT molecular complexity index is 402. The zero-order valence-corrected chi connectivity index (χ0v) is 11.7. The van der Waals surface area contributed by atoms with Crippen LogP contribution in [0.2, 0.25) is 0 Å². The molecule has 0 bridgehead atoms. The van der Waals surface area contributed by atoms with Crippen molar-refractivity contribution in [3.8, 4) is 0 Å². The van der Waals surface area contributed by atoms with Crippen molar-refractivity contribution in [3.05, 3.63) is 23.8 Å². The predicted molar refractivity (Wildman–Crippen MR) is 76.2 cm³/mol. The highest BCUT2D eigenvalue weighted by Crippen LogP contribution is 2.59. The van der Waals surface area contributed by atoms with Crippen LogP contribution in [-0.2, 0) is 0 Å². The van der Waals surface area contributed by atoms with Crippen molar-refractivity contribution in [1.29, 1.82) is 0 Å². The normalized spacial score (nSPS) is 50.2. The molecule has 4 aliphatic carbocycles. The monoisotopic (exact) mass is 242 g/mol. The van der Waals surface area contributed by atoms with Crippen LogP contribution in [-0.4, -0.2) is 0 Å². The second-order valence-electron chi connectivity index (χ2n) is 7.55. The molecule has 2 saturated carbocycles. The topological polar surface area (TPSA) is 0 Å². The molecule has 0 heterocycles.